The van der Waals surface area contributed by atoms with Gasteiger partial charge in [0.25, 0.3) is 0 Å². The third kappa shape index (κ3) is 2.29. The lowest BCUT2D eigenvalue weighted by molar-refractivity contribution is -0.0330. The molecule has 0 N–H and O–H groups in total. The van der Waals surface area contributed by atoms with Gasteiger partial charge in [-0.2, -0.15) is 0 Å². The van der Waals surface area contributed by atoms with Gasteiger partial charge < -0.3 is 9.47 Å². The largest absolute Gasteiger partial charge is 0.355 e. The summed E-state index contributed by atoms with van der Waals surface area (Å²) in [7, 11) is 0. The van der Waals surface area contributed by atoms with Crippen molar-refractivity contribution in [1.82, 2.24) is 0 Å². The number of hydrogen-bond acceptors (Lipinski definition) is 2. The minimum absolute atomic E-state index is 0.448. The standard InChI is InChI=1S/C11H14O2/c1-2-4-10(5-3-1)11-6-7-12-9-13-8-11/h1-5,11H,6-9H2. The molecule has 0 bridgehead atoms. The van der Waals surface area contributed by atoms with Gasteiger partial charge >= 0.3 is 0 Å². The van der Waals surface area contributed by atoms with Gasteiger partial charge in [-0.05, 0) is 12.0 Å². The Hall–Kier alpha value is -0.860. The SMILES string of the molecule is c1ccc(C2CCOCOC2)cc1. The summed E-state index contributed by atoms with van der Waals surface area (Å²) in [5.41, 5.74) is 1.35. The van der Waals surface area contributed by atoms with E-state index >= 15 is 0 Å². The minimum atomic E-state index is 0.448. The Labute approximate surface area is 78.5 Å². The molecule has 2 nitrogen and oxygen atoms in total. The summed E-state index contributed by atoms with van der Waals surface area (Å²) >= 11 is 0. The normalized spacial score (nSPS) is 23.8. The molecule has 1 heterocycles. The van der Waals surface area contributed by atoms with E-state index in [4.69, 9.17) is 9.47 Å². The highest BCUT2D eigenvalue weighted by atomic mass is 16.7. The molecule has 1 fully saturated rings. The van der Waals surface area contributed by atoms with E-state index in [1.807, 2.05) is 6.07 Å². The van der Waals surface area contributed by atoms with Crippen LogP contribution in [0, 0.1) is 0 Å². The molecule has 1 aliphatic rings. The highest BCUT2D eigenvalue weighted by Crippen LogP contribution is 2.21. The van der Waals surface area contributed by atoms with Gasteiger partial charge in [-0.3, -0.25) is 0 Å². The van der Waals surface area contributed by atoms with Crippen LogP contribution in [0.5, 0.6) is 0 Å². The van der Waals surface area contributed by atoms with Gasteiger partial charge in [0, 0.05) is 5.92 Å². The molecule has 1 unspecified atom stereocenters. The fraction of sp³-hybridized carbons (Fsp3) is 0.455. The Kier molecular flexibility index (Phi) is 2.95. The lowest BCUT2D eigenvalue weighted by Crippen LogP contribution is -2.05. The predicted octanol–water partition coefficient (Wildman–Crippen LogP) is 2.16. The van der Waals surface area contributed by atoms with Crippen LogP contribution in [0.1, 0.15) is 17.9 Å². The molecule has 1 aromatic carbocycles. The average molecular weight is 178 g/mol. The van der Waals surface area contributed by atoms with Crippen LogP contribution < -0.4 is 0 Å². The molecule has 0 aromatic heterocycles. The molecule has 0 spiro atoms. The van der Waals surface area contributed by atoms with Crippen LogP contribution in [0.4, 0.5) is 0 Å². The van der Waals surface area contributed by atoms with E-state index in [9.17, 15) is 0 Å². The molecule has 70 valence electrons. The van der Waals surface area contributed by atoms with E-state index in [1.54, 1.807) is 0 Å². The van der Waals surface area contributed by atoms with Gasteiger partial charge in [-0.1, -0.05) is 30.3 Å². The third-order valence-electron chi connectivity index (χ3n) is 2.37. The van der Waals surface area contributed by atoms with E-state index in [2.05, 4.69) is 24.3 Å². The van der Waals surface area contributed by atoms with Gasteiger partial charge in [0.15, 0.2) is 0 Å². The lowest BCUT2D eigenvalue weighted by Gasteiger charge is -2.12. The van der Waals surface area contributed by atoms with E-state index < -0.39 is 0 Å². The maximum Gasteiger partial charge on any atom is 0.146 e. The van der Waals surface area contributed by atoms with Gasteiger partial charge in [0.1, 0.15) is 6.79 Å². The molecule has 0 amide bonds. The molecule has 1 saturated heterocycles. The summed E-state index contributed by atoms with van der Waals surface area (Å²) in [6, 6.07) is 10.5. The van der Waals surface area contributed by atoms with Crippen molar-refractivity contribution in [1.29, 1.82) is 0 Å². The molecule has 1 aromatic rings. The Bertz CT molecular complexity index is 238. The van der Waals surface area contributed by atoms with Crippen LogP contribution in [0.2, 0.25) is 0 Å². The molecule has 13 heavy (non-hydrogen) atoms. The van der Waals surface area contributed by atoms with Crippen molar-refractivity contribution < 1.29 is 9.47 Å². The second kappa shape index (κ2) is 4.40. The molecule has 0 radical (unpaired) electrons. The third-order valence-corrected chi connectivity index (χ3v) is 2.37. The van der Waals surface area contributed by atoms with Gasteiger partial charge in [-0.15, -0.1) is 0 Å². The van der Waals surface area contributed by atoms with Crippen LogP contribution in [-0.2, 0) is 9.47 Å². The first kappa shape index (κ1) is 8.73. The molecular weight excluding hydrogens is 164 g/mol. The second-order valence-corrected chi connectivity index (χ2v) is 3.29. The maximum atomic E-state index is 5.34. The lowest BCUT2D eigenvalue weighted by atomic mass is 9.97. The maximum absolute atomic E-state index is 5.34. The number of benzene rings is 1. The Morgan fingerprint density at radius 2 is 1.92 bits per heavy atom. The molecule has 0 saturated carbocycles. The van der Waals surface area contributed by atoms with Crippen molar-refractivity contribution in [2.24, 2.45) is 0 Å². The molecule has 2 heteroatoms. The first-order valence-corrected chi connectivity index (χ1v) is 4.67. The summed E-state index contributed by atoms with van der Waals surface area (Å²) in [6.07, 6.45) is 1.06. The topological polar surface area (TPSA) is 18.5 Å². The quantitative estimate of drug-likeness (QED) is 0.656. The summed E-state index contributed by atoms with van der Waals surface area (Å²) in [5.74, 6) is 0.503. The fourth-order valence-electron chi connectivity index (χ4n) is 1.61. The highest BCUT2D eigenvalue weighted by molar-refractivity contribution is 5.19. The molecular formula is C11H14O2. The van der Waals surface area contributed by atoms with Crippen LogP contribution >= 0.6 is 0 Å². The minimum Gasteiger partial charge on any atom is -0.355 e. The fourth-order valence-corrected chi connectivity index (χ4v) is 1.61. The Balaban J connectivity index is 2.06. The summed E-state index contributed by atoms with van der Waals surface area (Å²) in [5, 5.41) is 0. The second-order valence-electron chi connectivity index (χ2n) is 3.29. The molecule has 1 aliphatic heterocycles. The van der Waals surface area contributed by atoms with Crippen LogP contribution in [0.25, 0.3) is 0 Å². The monoisotopic (exact) mass is 178 g/mol. The summed E-state index contributed by atoms with van der Waals surface area (Å²) in [6.45, 7) is 2.03. The van der Waals surface area contributed by atoms with E-state index in [-0.39, 0.29) is 0 Å². The van der Waals surface area contributed by atoms with Gasteiger partial charge in [0.2, 0.25) is 0 Å². The predicted molar refractivity (Wildman–Crippen MR) is 50.6 cm³/mol. The van der Waals surface area contributed by atoms with E-state index in [1.165, 1.54) is 5.56 Å². The zero-order chi connectivity index (χ0) is 8.93. The first-order chi connectivity index (χ1) is 6.47. The van der Waals surface area contributed by atoms with Gasteiger partial charge in [0.05, 0.1) is 13.2 Å². The van der Waals surface area contributed by atoms with Crippen molar-refractivity contribution in [3.05, 3.63) is 35.9 Å². The summed E-state index contributed by atoms with van der Waals surface area (Å²) < 4.78 is 10.6. The smallest absolute Gasteiger partial charge is 0.146 e. The van der Waals surface area contributed by atoms with Crippen LogP contribution in [-0.4, -0.2) is 20.0 Å². The first-order valence-electron chi connectivity index (χ1n) is 4.67. The number of rotatable bonds is 1. The number of ether oxygens (including phenoxy) is 2. The van der Waals surface area contributed by atoms with Crippen molar-refractivity contribution in [2.45, 2.75) is 12.3 Å². The Morgan fingerprint density at radius 1 is 1.08 bits per heavy atom. The average Bonchev–Trinajstić information content (AvgIpc) is 2.47. The van der Waals surface area contributed by atoms with Crippen LogP contribution in [0.15, 0.2) is 30.3 Å². The highest BCUT2D eigenvalue weighted by Gasteiger charge is 2.13. The van der Waals surface area contributed by atoms with Crippen molar-refractivity contribution >= 4 is 0 Å². The van der Waals surface area contributed by atoms with E-state index in [0.29, 0.717) is 12.7 Å². The molecule has 1 atom stereocenters. The van der Waals surface area contributed by atoms with Crippen molar-refractivity contribution in [3.8, 4) is 0 Å². The molecule has 0 aliphatic carbocycles. The van der Waals surface area contributed by atoms with Crippen molar-refractivity contribution in [3.63, 3.8) is 0 Å². The zero-order valence-corrected chi connectivity index (χ0v) is 7.61. The molecule has 2 rings (SSSR count). The van der Waals surface area contributed by atoms with Gasteiger partial charge in [-0.25, -0.2) is 0 Å². The van der Waals surface area contributed by atoms with Crippen LogP contribution in [0.3, 0.4) is 0 Å². The summed E-state index contributed by atoms with van der Waals surface area (Å²) in [4.78, 5) is 0. The van der Waals surface area contributed by atoms with E-state index in [0.717, 1.165) is 19.6 Å². The van der Waals surface area contributed by atoms with Crippen molar-refractivity contribution in [2.75, 3.05) is 20.0 Å². The zero-order valence-electron chi connectivity index (χ0n) is 7.61. The number of hydrogen-bond donors (Lipinski definition) is 0. The Morgan fingerprint density at radius 3 is 2.77 bits per heavy atom.